The number of hydrogen-bond donors (Lipinski definition) is 2. The van der Waals surface area contributed by atoms with Gasteiger partial charge in [-0.15, -0.1) is 0 Å². The van der Waals surface area contributed by atoms with Crippen molar-refractivity contribution in [2.45, 2.75) is 65.4 Å². The molecule has 9 heteroatoms. The molecular formula is C35H38N4O5. The highest BCUT2D eigenvalue weighted by atomic mass is 16.5. The van der Waals surface area contributed by atoms with Gasteiger partial charge in [0.2, 0.25) is 0 Å². The first-order valence-electron chi connectivity index (χ1n) is 15.1. The zero-order valence-electron chi connectivity index (χ0n) is 25.6. The van der Waals surface area contributed by atoms with Crippen LogP contribution in [0.2, 0.25) is 0 Å². The van der Waals surface area contributed by atoms with Crippen molar-refractivity contribution in [3.8, 4) is 34.0 Å². The predicted octanol–water partition coefficient (Wildman–Crippen LogP) is 6.02. The quantitative estimate of drug-likeness (QED) is 0.181. The standard InChI is InChI=1S/C35H38N4O5/c1-5-10-31-30(21-24-13-15-25(16-14-24)28-11-8-9-12-29(28)32-37-34(42)44-38-32)33(41)39(23(4)36-31)26-17-19-27(20-18-26)43-35(6-2,7-3)22-40/h8-9,11-20,40H,5-7,10,21-22H2,1-4H3,(H,37,38,42). The molecular weight excluding hydrogens is 556 g/mol. The third kappa shape index (κ3) is 6.28. The summed E-state index contributed by atoms with van der Waals surface area (Å²) in [7, 11) is 0. The molecule has 0 aliphatic carbocycles. The van der Waals surface area contributed by atoms with Crippen LogP contribution in [0, 0.1) is 6.92 Å². The van der Waals surface area contributed by atoms with Crippen LogP contribution in [0.4, 0.5) is 0 Å². The van der Waals surface area contributed by atoms with Gasteiger partial charge in [0.1, 0.15) is 17.2 Å². The van der Waals surface area contributed by atoms with E-state index in [1.807, 2.05) is 93.6 Å². The molecule has 3 aromatic carbocycles. The number of aromatic nitrogens is 4. The Bertz CT molecular complexity index is 1820. The van der Waals surface area contributed by atoms with E-state index in [2.05, 4.69) is 17.1 Å². The molecule has 5 aromatic rings. The lowest BCUT2D eigenvalue weighted by Crippen LogP contribution is -2.38. The number of ether oxygens (including phenoxy) is 1. The van der Waals surface area contributed by atoms with Gasteiger partial charge in [0.05, 0.1) is 18.0 Å². The number of nitrogens with zero attached hydrogens (tertiary/aromatic N) is 3. The van der Waals surface area contributed by atoms with Crippen LogP contribution >= 0.6 is 0 Å². The number of aromatic amines is 1. The second-order valence-corrected chi connectivity index (χ2v) is 11.0. The molecule has 9 nitrogen and oxygen atoms in total. The number of aliphatic hydroxyl groups is 1. The van der Waals surface area contributed by atoms with Crippen LogP contribution in [0.25, 0.3) is 28.2 Å². The Balaban J connectivity index is 1.46. The van der Waals surface area contributed by atoms with Gasteiger partial charge in [0.15, 0.2) is 5.82 Å². The second-order valence-electron chi connectivity index (χ2n) is 11.0. The third-order valence-corrected chi connectivity index (χ3v) is 8.19. The Kier molecular flexibility index (Phi) is 9.25. The van der Waals surface area contributed by atoms with E-state index in [4.69, 9.17) is 14.2 Å². The van der Waals surface area contributed by atoms with E-state index in [1.165, 1.54) is 0 Å². The molecule has 5 rings (SSSR count). The molecule has 0 unspecified atom stereocenters. The predicted molar refractivity (Wildman–Crippen MR) is 170 cm³/mol. The highest BCUT2D eigenvalue weighted by molar-refractivity contribution is 5.80. The van der Waals surface area contributed by atoms with Gasteiger partial charge in [0, 0.05) is 17.5 Å². The Hall–Kier alpha value is -4.76. The van der Waals surface area contributed by atoms with Crippen LogP contribution in [0.5, 0.6) is 5.75 Å². The van der Waals surface area contributed by atoms with Gasteiger partial charge in [0.25, 0.3) is 5.56 Å². The van der Waals surface area contributed by atoms with Crippen molar-refractivity contribution in [2.75, 3.05) is 6.61 Å². The first-order chi connectivity index (χ1) is 21.3. The van der Waals surface area contributed by atoms with Gasteiger partial charge >= 0.3 is 5.76 Å². The maximum atomic E-state index is 14.0. The fraction of sp³-hybridized carbons (Fsp3) is 0.314. The van der Waals surface area contributed by atoms with Gasteiger partial charge < -0.3 is 9.84 Å². The molecule has 44 heavy (non-hydrogen) atoms. The van der Waals surface area contributed by atoms with Gasteiger partial charge in [-0.25, -0.2) is 9.78 Å². The molecule has 2 heterocycles. The zero-order chi connectivity index (χ0) is 31.3. The van der Waals surface area contributed by atoms with Crippen LogP contribution in [0.15, 0.2) is 86.9 Å². The number of benzene rings is 3. The lowest BCUT2D eigenvalue weighted by atomic mass is 9.96. The summed E-state index contributed by atoms with van der Waals surface area (Å²) in [5.74, 6) is 1.03. The average Bonchev–Trinajstić information content (AvgIpc) is 3.49. The fourth-order valence-electron chi connectivity index (χ4n) is 5.50. The summed E-state index contributed by atoms with van der Waals surface area (Å²) in [6, 6.07) is 23.1. The Labute approximate surface area is 256 Å². The van der Waals surface area contributed by atoms with E-state index in [0.29, 0.717) is 54.3 Å². The maximum absolute atomic E-state index is 14.0. The topological polar surface area (TPSA) is 123 Å². The summed E-state index contributed by atoms with van der Waals surface area (Å²) in [4.78, 5) is 33.1. The molecule has 0 amide bonds. The molecule has 0 fully saturated rings. The van der Waals surface area contributed by atoms with Gasteiger partial charge in [-0.3, -0.25) is 18.9 Å². The summed E-state index contributed by atoms with van der Waals surface area (Å²) in [5.41, 5.74) is 5.05. The molecule has 0 bridgehead atoms. The van der Waals surface area contributed by atoms with Crippen LogP contribution in [-0.4, -0.2) is 37.0 Å². The number of rotatable bonds is 12. The van der Waals surface area contributed by atoms with Crippen LogP contribution < -0.4 is 16.1 Å². The first kappa shape index (κ1) is 30.7. The smallest absolute Gasteiger partial charge is 0.439 e. The summed E-state index contributed by atoms with van der Waals surface area (Å²) in [6.07, 6.45) is 3.38. The second kappa shape index (κ2) is 13.3. The van der Waals surface area contributed by atoms with E-state index in [9.17, 15) is 14.7 Å². The minimum absolute atomic E-state index is 0.0670. The molecule has 0 aliphatic heterocycles. The van der Waals surface area contributed by atoms with Gasteiger partial charge in [-0.2, -0.15) is 0 Å². The average molecular weight is 595 g/mol. The molecule has 0 atom stereocenters. The van der Waals surface area contributed by atoms with Crippen LogP contribution in [0.1, 0.15) is 62.7 Å². The fourth-order valence-corrected chi connectivity index (χ4v) is 5.50. The summed E-state index contributed by atoms with van der Waals surface area (Å²) >= 11 is 0. The van der Waals surface area contributed by atoms with Crippen molar-refractivity contribution < 1.29 is 14.4 Å². The number of hydrogen-bond acceptors (Lipinski definition) is 7. The lowest BCUT2D eigenvalue weighted by Gasteiger charge is -2.30. The van der Waals surface area contributed by atoms with E-state index in [1.54, 1.807) is 4.57 Å². The van der Waals surface area contributed by atoms with E-state index < -0.39 is 11.4 Å². The Morgan fingerprint density at radius 3 is 2.20 bits per heavy atom. The minimum Gasteiger partial charge on any atom is -0.485 e. The largest absolute Gasteiger partial charge is 0.485 e. The van der Waals surface area contributed by atoms with Crippen LogP contribution in [-0.2, 0) is 12.8 Å². The number of nitrogens with one attached hydrogen (secondary N) is 1. The molecule has 0 saturated carbocycles. The van der Waals surface area contributed by atoms with Crippen molar-refractivity contribution >= 4 is 0 Å². The molecule has 2 N–H and O–H groups in total. The molecule has 0 radical (unpaired) electrons. The molecule has 2 aromatic heterocycles. The van der Waals surface area contributed by atoms with Crippen molar-refractivity contribution in [1.82, 2.24) is 19.7 Å². The zero-order valence-corrected chi connectivity index (χ0v) is 25.6. The summed E-state index contributed by atoms with van der Waals surface area (Å²) in [6.45, 7) is 7.86. The highest BCUT2D eigenvalue weighted by Crippen LogP contribution is 2.30. The maximum Gasteiger partial charge on any atom is 0.439 e. The van der Waals surface area contributed by atoms with Crippen molar-refractivity contribution in [1.29, 1.82) is 0 Å². The van der Waals surface area contributed by atoms with Gasteiger partial charge in [-0.1, -0.05) is 80.9 Å². The minimum atomic E-state index is -0.628. The van der Waals surface area contributed by atoms with Crippen molar-refractivity contribution in [3.63, 3.8) is 0 Å². The molecule has 0 aliphatic rings. The van der Waals surface area contributed by atoms with Crippen molar-refractivity contribution in [3.05, 3.63) is 116 Å². The highest BCUT2D eigenvalue weighted by Gasteiger charge is 2.27. The Morgan fingerprint density at radius 2 is 1.61 bits per heavy atom. The molecule has 0 saturated heterocycles. The third-order valence-electron chi connectivity index (χ3n) is 8.19. The summed E-state index contributed by atoms with van der Waals surface area (Å²) < 4.78 is 12.5. The van der Waals surface area contributed by atoms with E-state index in [0.717, 1.165) is 34.4 Å². The Morgan fingerprint density at radius 1 is 0.932 bits per heavy atom. The monoisotopic (exact) mass is 594 g/mol. The van der Waals surface area contributed by atoms with Gasteiger partial charge in [-0.05, 0) is 67.1 Å². The first-order valence-corrected chi connectivity index (χ1v) is 15.1. The van der Waals surface area contributed by atoms with E-state index >= 15 is 0 Å². The molecule has 228 valence electrons. The number of aryl methyl sites for hydroxylation is 2. The SMILES string of the molecule is CCCc1nc(C)n(-c2ccc(OC(CC)(CC)CO)cc2)c(=O)c1Cc1ccc(-c2ccccc2-c2noc(=O)[nH]2)cc1. The molecule has 0 spiro atoms. The number of H-pyrrole nitrogens is 1. The number of aliphatic hydroxyl groups excluding tert-OH is 1. The van der Waals surface area contributed by atoms with Crippen LogP contribution in [0.3, 0.4) is 0 Å². The normalized spacial score (nSPS) is 11.6. The van der Waals surface area contributed by atoms with Crippen molar-refractivity contribution in [2.24, 2.45) is 0 Å². The van der Waals surface area contributed by atoms with E-state index in [-0.39, 0.29) is 12.2 Å². The summed E-state index contributed by atoms with van der Waals surface area (Å²) in [5, 5.41) is 13.8. The lowest BCUT2D eigenvalue weighted by molar-refractivity contribution is 0.00275.